The van der Waals surface area contributed by atoms with Crippen LogP contribution in [0.2, 0.25) is 0 Å². The highest BCUT2D eigenvalue weighted by Gasteiger charge is 2.26. The zero-order chi connectivity index (χ0) is 17.6. The topological polar surface area (TPSA) is 82.5 Å². The van der Waals surface area contributed by atoms with Gasteiger partial charge in [-0.3, -0.25) is 19.8 Å². The Balaban J connectivity index is 1.65. The van der Waals surface area contributed by atoms with E-state index in [2.05, 4.69) is 10.3 Å². The Bertz CT molecular complexity index is 608. The van der Waals surface area contributed by atoms with Gasteiger partial charge in [-0.15, -0.1) is 0 Å². The average Bonchev–Trinajstić information content (AvgIpc) is 2.68. The second-order valence-electron chi connectivity index (χ2n) is 7.18. The highest BCUT2D eigenvalue weighted by molar-refractivity contribution is 5.98. The molecule has 2 aliphatic carbocycles. The molecule has 0 saturated heterocycles. The van der Waals surface area contributed by atoms with Crippen molar-refractivity contribution in [1.29, 1.82) is 0 Å². The van der Waals surface area contributed by atoms with Gasteiger partial charge in [-0.2, -0.15) is 0 Å². The minimum atomic E-state index is -0.529. The second-order valence-corrected chi connectivity index (χ2v) is 7.18. The Hall–Kier alpha value is -1.95. The van der Waals surface area contributed by atoms with Crippen molar-refractivity contribution in [3.63, 3.8) is 0 Å². The van der Waals surface area contributed by atoms with Gasteiger partial charge in [0.05, 0.1) is 6.04 Å². The van der Waals surface area contributed by atoms with Crippen LogP contribution in [-0.2, 0) is 0 Å². The van der Waals surface area contributed by atoms with E-state index in [0.29, 0.717) is 5.56 Å². The maximum Gasteiger partial charge on any atom is 0.296 e. The standard InChI is InChI=1S/C19H27N3O3/c23-18(21-15-7-3-1-4-8-15)14-11-12-20-17(13-14)19(24)22(25)16-9-5-2-6-10-16/h11-13,15-16,25H,1-10H2,(H,21,23). The van der Waals surface area contributed by atoms with E-state index < -0.39 is 5.91 Å². The number of amides is 2. The lowest BCUT2D eigenvalue weighted by atomic mass is 9.95. The first-order valence-electron chi connectivity index (χ1n) is 9.44. The Morgan fingerprint density at radius 3 is 2.36 bits per heavy atom. The molecule has 0 atom stereocenters. The molecule has 2 fully saturated rings. The van der Waals surface area contributed by atoms with E-state index in [4.69, 9.17) is 0 Å². The third-order valence-corrected chi connectivity index (χ3v) is 5.31. The molecule has 0 aromatic carbocycles. The summed E-state index contributed by atoms with van der Waals surface area (Å²) in [5.74, 6) is -0.704. The second kappa shape index (κ2) is 8.43. The highest BCUT2D eigenvalue weighted by Crippen LogP contribution is 2.23. The Morgan fingerprint density at radius 2 is 1.68 bits per heavy atom. The number of hydroxylamine groups is 2. The molecule has 2 N–H and O–H groups in total. The fourth-order valence-electron chi connectivity index (χ4n) is 3.81. The van der Waals surface area contributed by atoms with Crippen molar-refractivity contribution in [2.45, 2.75) is 76.3 Å². The predicted molar refractivity (Wildman–Crippen MR) is 93.4 cm³/mol. The van der Waals surface area contributed by atoms with E-state index >= 15 is 0 Å². The van der Waals surface area contributed by atoms with E-state index in [1.807, 2.05) is 0 Å². The average molecular weight is 345 g/mol. The largest absolute Gasteiger partial charge is 0.349 e. The smallest absolute Gasteiger partial charge is 0.296 e. The van der Waals surface area contributed by atoms with Gasteiger partial charge >= 0.3 is 0 Å². The van der Waals surface area contributed by atoms with Gasteiger partial charge in [-0.25, -0.2) is 5.06 Å². The molecule has 0 bridgehead atoms. The minimum Gasteiger partial charge on any atom is -0.349 e. The number of carbonyl (C=O) groups excluding carboxylic acids is 2. The van der Waals surface area contributed by atoms with Gasteiger partial charge in [0.1, 0.15) is 5.69 Å². The van der Waals surface area contributed by atoms with Gasteiger partial charge < -0.3 is 5.32 Å². The number of hydrogen-bond acceptors (Lipinski definition) is 4. The fourth-order valence-corrected chi connectivity index (χ4v) is 3.81. The van der Waals surface area contributed by atoms with Crippen LogP contribution >= 0.6 is 0 Å². The molecule has 0 spiro atoms. The van der Waals surface area contributed by atoms with Crippen molar-refractivity contribution in [1.82, 2.24) is 15.4 Å². The summed E-state index contributed by atoms with van der Waals surface area (Å²) in [7, 11) is 0. The predicted octanol–water partition coefficient (Wildman–Crippen LogP) is 3.31. The summed E-state index contributed by atoms with van der Waals surface area (Å²) in [6, 6.07) is 3.15. The van der Waals surface area contributed by atoms with Crippen molar-refractivity contribution < 1.29 is 14.8 Å². The molecule has 136 valence electrons. The van der Waals surface area contributed by atoms with Gasteiger partial charge in [0.15, 0.2) is 0 Å². The molecule has 2 amide bonds. The van der Waals surface area contributed by atoms with Crippen LogP contribution in [-0.4, -0.2) is 39.2 Å². The third-order valence-electron chi connectivity index (χ3n) is 5.31. The summed E-state index contributed by atoms with van der Waals surface area (Å²) < 4.78 is 0. The maximum atomic E-state index is 12.5. The molecule has 6 heteroatoms. The van der Waals surface area contributed by atoms with Crippen molar-refractivity contribution >= 4 is 11.8 Å². The van der Waals surface area contributed by atoms with Gasteiger partial charge in [0.25, 0.3) is 11.8 Å². The third kappa shape index (κ3) is 4.57. The normalized spacial score (nSPS) is 19.4. The molecule has 0 radical (unpaired) electrons. The van der Waals surface area contributed by atoms with Crippen LogP contribution < -0.4 is 5.32 Å². The lowest BCUT2D eigenvalue weighted by Gasteiger charge is -2.28. The Labute approximate surface area is 148 Å². The molecule has 3 rings (SSSR count). The van der Waals surface area contributed by atoms with Crippen LogP contribution in [0.5, 0.6) is 0 Å². The van der Waals surface area contributed by atoms with Crippen molar-refractivity contribution in [2.24, 2.45) is 0 Å². The van der Waals surface area contributed by atoms with Crippen molar-refractivity contribution in [3.05, 3.63) is 29.6 Å². The van der Waals surface area contributed by atoms with Crippen molar-refractivity contribution in [2.75, 3.05) is 0 Å². The summed E-state index contributed by atoms with van der Waals surface area (Å²) in [6.45, 7) is 0. The lowest BCUT2D eigenvalue weighted by molar-refractivity contribution is -0.0967. The van der Waals surface area contributed by atoms with Crippen LogP contribution in [0.4, 0.5) is 0 Å². The van der Waals surface area contributed by atoms with Gasteiger partial charge in [0, 0.05) is 17.8 Å². The van der Waals surface area contributed by atoms with Crippen LogP contribution in [0.15, 0.2) is 18.3 Å². The van der Waals surface area contributed by atoms with E-state index in [-0.39, 0.29) is 23.7 Å². The van der Waals surface area contributed by atoms with Crippen LogP contribution in [0, 0.1) is 0 Å². The Kier molecular flexibility index (Phi) is 6.02. The fraction of sp³-hybridized carbons (Fsp3) is 0.632. The van der Waals surface area contributed by atoms with Gasteiger partial charge in [0.2, 0.25) is 0 Å². The Morgan fingerprint density at radius 1 is 1.04 bits per heavy atom. The number of nitrogens with one attached hydrogen (secondary N) is 1. The molecule has 25 heavy (non-hydrogen) atoms. The summed E-state index contributed by atoms with van der Waals surface area (Å²) in [5, 5.41) is 14.1. The quantitative estimate of drug-likeness (QED) is 0.648. The van der Waals surface area contributed by atoms with E-state index in [1.54, 1.807) is 6.07 Å². The highest BCUT2D eigenvalue weighted by atomic mass is 16.5. The number of aromatic nitrogens is 1. The van der Waals surface area contributed by atoms with Crippen LogP contribution in [0.3, 0.4) is 0 Å². The first-order valence-corrected chi connectivity index (χ1v) is 9.44. The monoisotopic (exact) mass is 345 g/mol. The number of hydrogen-bond donors (Lipinski definition) is 2. The maximum absolute atomic E-state index is 12.5. The summed E-state index contributed by atoms with van der Waals surface area (Å²) >= 11 is 0. The molecule has 2 saturated carbocycles. The number of carbonyl (C=O) groups is 2. The zero-order valence-corrected chi connectivity index (χ0v) is 14.6. The van der Waals surface area contributed by atoms with Gasteiger partial charge in [-0.1, -0.05) is 38.5 Å². The number of pyridine rings is 1. The van der Waals surface area contributed by atoms with E-state index in [0.717, 1.165) is 62.9 Å². The van der Waals surface area contributed by atoms with Crippen molar-refractivity contribution in [3.8, 4) is 0 Å². The molecule has 2 aliphatic rings. The summed E-state index contributed by atoms with van der Waals surface area (Å²) in [4.78, 5) is 29.0. The van der Waals surface area contributed by atoms with Crippen LogP contribution in [0.1, 0.15) is 85.1 Å². The number of rotatable bonds is 4. The molecule has 0 aliphatic heterocycles. The first kappa shape index (κ1) is 17.9. The molecule has 6 nitrogen and oxygen atoms in total. The SMILES string of the molecule is O=C(NC1CCCCC1)c1ccnc(C(=O)N(O)C2CCCCC2)c1. The van der Waals surface area contributed by atoms with E-state index in [1.165, 1.54) is 18.7 Å². The van der Waals surface area contributed by atoms with Gasteiger partial charge in [-0.05, 0) is 37.8 Å². The minimum absolute atomic E-state index is 0.115. The number of nitrogens with zero attached hydrogens (tertiary/aromatic N) is 2. The summed E-state index contributed by atoms with van der Waals surface area (Å²) in [5.41, 5.74) is 0.533. The molecule has 1 aromatic rings. The molecule has 0 unspecified atom stereocenters. The first-order chi connectivity index (χ1) is 12.1. The molecule has 1 aromatic heterocycles. The van der Waals surface area contributed by atoms with Crippen LogP contribution in [0.25, 0.3) is 0 Å². The summed E-state index contributed by atoms with van der Waals surface area (Å²) in [6.07, 6.45) is 11.8. The zero-order valence-electron chi connectivity index (χ0n) is 14.6. The van der Waals surface area contributed by atoms with E-state index in [9.17, 15) is 14.8 Å². The lowest BCUT2D eigenvalue weighted by Crippen LogP contribution is -2.39. The molecule has 1 heterocycles. The molecular weight excluding hydrogens is 318 g/mol. The molecular formula is C19H27N3O3.